The van der Waals surface area contributed by atoms with Crippen LogP contribution in [0.3, 0.4) is 0 Å². The molecule has 3 rings (SSSR count). The Morgan fingerprint density at radius 2 is 1.85 bits per heavy atom. The Kier molecular flexibility index (Phi) is 5.18. The van der Waals surface area contributed by atoms with Gasteiger partial charge in [-0.05, 0) is 40.3 Å². The van der Waals surface area contributed by atoms with E-state index in [-0.39, 0.29) is 24.6 Å². The lowest BCUT2D eigenvalue weighted by Gasteiger charge is -2.07. The van der Waals surface area contributed by atoms with Crippen LogP contribution >= 0.6 is 11.6 Å². The highest BCUT2D eigenvalue weighted by Crippen LogP contribution is 2.14. The third kappa shape index (κ3) is 4.19. The van der Waals surface area contributed by atoms with Gasteiger partial charge in [0.15, 0.2) is 5.82 Å². The number of carbonyl (C=O) groups is 1. The van der Waals surface area contributed by atoms with E-state index in [0.717, 1.165) is 5.69 Å². The summed E-state index contributed by atoms with van der Waals surface area (Å²) < 4.78 is 1.50. The van der Waals surface area contributed by atoms with E-state index in [2.05, 4.69) is 20.8 Å². The first kappa shape index (κ1) is 17.5. The molecule has 1 aromatic heterocycles. The quantitative estimate of drug-likeness (QED) is 0.523. The Labute approximate surface area is 152 Å². The van der Waals surface area contributed by atoms with E-state index < -0.39 is 4.92 Å². The van der Waals surface area contributed by atoms with Crippen molar-refractivity contribution in [1.29, 1.82) is 0 Å². The first-order chi connectivity index (χ1) is 12.5. The minimum atomic E-state index is -0.486. The molecule has 3 aromatic rings. The van der Waals surface area contributed by atoms with E-state index in [4.69, 9.17) is 11.6 Å². The number of tetrazole rings is 1. The highest BCUT2D eigenvalue weighted by atomic mass is 35.5. The number of nitrogens with one attached hydrogen (secondary N) is 1. The fraction of sp³-hybridized carbons (Fsp3) is 0.125. The molecule has 2 aromatic carbocycles. The minimum Gasteiger partial charge on any atom is -0.348 e. The zero-order valence-corrected chi connectivity index (χ0v) is 14.1. The highest BCUT2D eigenvalue weighted by molar-refractivity contribution is 6.30. The molecule has 1 amide bonds. The van der Waals surface area contributed by atoms with Crippen molar-refractivity contribution in [2.45, 2.75) is 13.0 Å². The van der Waals surface area contributed by atoms with Crippen LogP contribution < -0.4 is 5.32 Å². The lowest BCUT2D eigenvalue weighted by atomic mass is 10.1. The van der Waals surface area contributed by atoms with E-state index in [9.17, 15) is 14.9 Å². The lowest BCUT2D eigenvalue weighted by Crippen LogP contribution is -2.26. The smallest absolute Gasteiger partial charge is 0.269 e. The SMILES string of the molecule is O=C(Cc1ccc([N+](=O)[O-])cc1)NCc1nnnn1-c1ccc(Cl)cc1. The van der Waals surface area contributed by atoms with Crippen LogP contribution in [0.5, 0.6) is 0 Å². The number of halogens is 1. The first-order valence-corrected chi connectivity index (χ1v) is 7.94. The molecule has 0 aliphatic heterocycles. The van der Waals surface area contributed by atoms with Gasteiger partial charge in [0, 0.05) is 17.2 Å². The van der Waals surface area contributed by atoms with Crippen LogP contribution in [0.2, 0.25) is 5.02 Å². The van der Waals surface area contributed by atoms with Crippen molar-refractivity contribution < 1.29 is 9.72 Å². The summed E-state index contributed by atoms with van der Waals surface area (Å²) in [7, 11) is 0. The number of nitrogens with zero attached hydrogens (tertiary/aromatic N) is 5. The second kappa shape index (κ2) is 7.70. The van der Waals surface area contributed by atoms with Gasteiger partial charge < -0.3 is 5.32 Å². The topological polar surface area (TPSA) is 116 Å². The molecule has 9 nitrogen and oxygen atoms in total. The Morgan fingerprint density at radius 3 is 2.50 bits per heavy atom. The number of aromatic nitrogens is 4. The van der Waals surface area contributed by atoms with Crippen molar-refractivity contribution in [3.63, 3.8) is 0 Å². The number of nitro benzene ring substituents is 1. The van der Waals surface area contributed by atoms with Gasteiger partial charge >= 0.3 is 0 Å². The molecule has 132 valence electrons. The monoisotopic (exact) mass is 372 g/mol. The number of hydrogen-bond acceptors (Lipinski definition) is 6. The van der Waals surface area contributed by atoms with Crippen LogP contribution in [0.25, 0.3) is 5.69 Å². The summed E-state index contributed by atoms with van der Waals surface area (Å²) in [6.45, 7) is 0.140. The third-order valence-electron chi connectivity index (χ3n) is 3.56. The number of rotatable bonds is 6. The van der Waals surface area contributed by atoms with Crippen LogP contribution in [-0.4, -0.2) is 31.0 Å². The number of benzene rings is 2. The minimum absolute atomic E-state index is 0.0173. The van der Waals surface area contributed by atoms with Crippen LogP contribution in [-0.2, 0) is 17.8 Å². The summed E-state index contributed by atoms with van der Waals surface area (Å²) in [5.74, 6) is 0.217. The zero-order chi connectivity index (χ0) is 18.5. The molecule has 0 fully saturated rings. The van der Waals surface area contributed by atoms with E-state index in [1.807, 2.05) is 0 Å². The van der Waals surface area contributed by atoms with Gasteiger partial charge in [0.05, 0.1) is 23.6 Å². The van der Waals surface area contributed by atoms with Crippen molar-refractivity contribution in [3.8, 4) is 5.69 Å². The van der Waals surface area contributed by atoms with E-state index in [1.54, 1.807) is 36.4 Å². The van der Waals surface area contributed by atoms with Crippen molar-refractivity contribution >= 4 is 23.2 Å². The molecule has 1 N–H and O–H groups in total. The van der Waals surface area contributed by atoms with E-state index in [1.165, 1.54) is 16.8 Å². The van der Waals surface area contributed by atoms with Crippen LogP contribution in [0.1, 0.15) is 11.4 Å². The largest absolute Gasteiger partial charge is 0.348 e. The summed E-state index contributed by atoms with van der Waals surface area (Å²) in [5.41, 5.74) is 1.38. The van der Waals surface area contributed by atoms with Gasteiger partial charge in [0.25, 0.3) is 5.69 Å². The number of amides is 1. The molecule has 0 aliphatic rings. The highest BCUT2D eigenvalue weighted by Gasteiger charge is 2.11. The molecule has 0 bridgehead atoms. The molecule has 10 heteroatoms. The Hall–Kier alpha value is -3.33. The molecule has 0 radical (unpaired) electrons. The average Bonchev–Trinajstić information content (AvgIpc) is 3.09. The summed E-state index contributed by atoms with van der Waals surface area (Å²) in [5, 5.41) is 25.4. The molecular formula is C16H13ClN6O3. The van der Waals surface area contributed by atoms with E-state index in [0.29, 0.717) is 16.4 Å². The molecule has 26 heavy (non-hydrogen) atoms. The average molecular weight is 373 g/mol. The van der Waals surface area contributed by atoms with Gasteiger partial charge in [-0.1, -0.05) is 23.7 Å². The van der Waals surface area contributed by atoms with Gasteiger partial charge in [0.1, 0.15) is 0 Å². The Morgan fingerprint density at radius 1 is 1.15 bits per heavy atom. The molecule has 0 aliphatic carbocycles. The maximum absolute atomic E-state index is 12.1. The number of carbonyl (C=O) groups excluding carboxylic acids is 1. The predicted octanol–water partition coefficient (Wildman–Crippen LogP) is 2.08. The van der Waals surface area contributed by atoms with Gasteiger partial charge in [0.2, 0.25) is 5.91 Å². The fourth-order valence-electron chi connectivity index (χ4n) is 2.26. The van der Waals surface area contributed by atoms with Gasteiger partial charge in [-0.25, -0.2) is 0 Å². The second-order valence-corrected chi connectivity index (χ2v) is 5.80. The van der Waals surface area contributed by atoms with Crippen LogP contribution in [0.4, 0.5) is 5.69 Å². The Bertz CT molecular complexity index is 924. The standard InChI is InChI=1S/C16H13ClN6O3/c17-12-3-7-13(8-4-12)22-15(19-20-21-22)10-18-16(24)9-11-1-5-14(6-2-11)23(25)26/h1-8H,9-10H2,(H,18,24). The van der Waals surface area contributed by atoms with Gasteiger partial charge in [-0.2, -0.15) is 4.68 Å². The molecule has 0 unspecified atom stereocenters. The number of non-ortho nitro benzene ring substituents is 1. The normalized spacial score (nSPS) is 10.5. The van der Waals surface area contributed by atoms with Crippen molar-refractivity contribution in [2.24, 2.45) is 0 Å². The number of hydrogen-bond donors (Lipinski definition) is 1. The van der Waals surface area contributed by atoms with Gasteiger partial charge in [-0.3, -0.25) is 14.9 Å². The second-order valence-electron chi connectivity index (χ2n) is 5.36. The maximum Gasteiger partial charge on any atom is 0.269 e. The summed E-state index contributed by atoms with van der Waals surface area (Å²) in [6.07, 6.45) is 0.0977. The van der Waals surface area contributed by atoms with Crippen molar-refractivity contribution in [3.05, 3.63) is 75.1 Å². The molecule has 0 spiro atoms. The molecule has 0 saturated heterocycles. The van der Waals surface area contributed by atoms with Crippen LogP contribution in [0.15, 0.2) is 48.5 Å². The third-order valence-corrected chi connectivity index (χ3v) is 3.81. The number of nitro groups is 1. The molecular weight excluding hydrogens is 360 g/mol. The molecule has 1 heterocycles. The van der Waals surface area contributed by atoms with Crippen molar-refractivity contribution in [1.82, 2.24) is 25.5 Å². The summed E-state index contributed by atoms with van der Waals surface area (Å²) in [6, 6.07) is 12.8. The fourth-order valence-corrected chi connectivity index (χ4v) is 2.39. The van der Waals surface area contributed by atoms with E-state index >= 15 is 0 Å². The summed E-state index contributed by atoms with van der Waals surface area (Å²) >= 11 is 5.86. The predicted molar refractivity (Wildman–Crippen MR) is 92.8 cm³/mol. The summed E-state index contributed by atoms with van der Waals surface area (Å²) in [4.78, 5) is 22.2. The molecule has 0 saturated carbocycles. The van der Waals surface area contributed by atoms with Crippen LogP contribution in [0, 0.1) is 10.1 Å². The Balaban J connectivity index is 1.61. The lowest BCUT2D eigenvalue weighted by molar-refractivity contribution is -0.384. The molecule has 0 atom stereocenters. The first-order valence-electron chi connectivity index (χ1n) is 7.56. The zero-order valence-electron chi connectivity index (χ0n) is 13.4. The van der Waals surface area contributed by atoms with Crippen molar-refractivity contribution in [2.75, 3.05) is 0 Å². The maximum atomic E-state index is 12.1. The van der Waals surface area contributed by atoms with Gasteiger partial charge in [-0.15, -0.1) is 5.10 Å².